The van der Waals surface area contributed by atoms with Crippen LogP contribution in [0.1, 0.15) is 40.4 Å². The van der Waals surface area contributed by atoms with E-state index in [1.54, 1.807) is 36.1 Å². The molecule has 0 aliphatic heterocycles. The van der Waals surface area contributed by atoms with Gasteiger partial charge >= 0.3 is 0 Å². The normalized spacial score (nSPS) is 12.1. The minimum atomic E-state index is -0.499. The number of hydrogen-bond donors (Lipinski definition) is 1. The molecular weight excluding hydrogens is 450 g/mol. The van der Waals surface area contributed by atoms with Crippen LogP contribution in [0, 0.1) is 25.5 Å². The first-order valence-electron chi connectivity index (χ1n) is 11.4. The molecule has 35 heavy (non-hydrogen) atoms. The van der Waals surface area contributed by atoms with Crippen molar-refractivity contribution in [2.75, 3.05) is 7.11 Å². The molecule has 0 saturated heterocycles. The maximum absolute atomic E-state index is 13.9. The van der Waals surface area contributed by atoms with Crippen LogP contribution in [0.5, 0.6) is 5.88 Å². The first-order valence-corrected chi connectivity index (χ1v) is 11.4. The van der Waals surface area contributed by atoms with E-state index in [1.807, 2.05) is 20.9 Å². The van der Waals surface area contributed by atoms with Crippen molar-refractivity contribution in [1.82, 2.24) is 20.1 Å². The summed E-state index contributed by atoms with van der Waals surface area (Å²) in [5.41, 5.74) is 4.84. The number of methoxy groups -OCH3 is 1. The van der Waals surface area contributed by atoms with Crippen LogP contribution in [-0.2, 0) is 24.7 Å². The maximum atomic E-state index is 13.9. The van der Waals surface area contributed by atoms with Crippen molar-refractivity contribution in [3.8, 4) is 5.88 Å². The van der Waals surface area contributed by atoms with Gasteiger partial charge in [-0.05, 0) is 73.2 Å². The molecule has 0 fully saturated rings. The monoisotopic (exact) mass is 478 g/mol. The second-order valence-electron chi connectivity index (χ2n) is 8.64. The summed E-state index contributed by atoms with van der Waals surface area (Å²) < 4.78 is 34.7. The van der Waals surface area contributed by atoms with Crippen molar-refractivity contribution in [2.45, 2.75) is 39.2 Å². The van der Waals surface area contributed by atoms with Crippen LogP contribution in [0.15, 0.2) is 48.5 Å². The molecule has 0 aliphatic carbocycles. The highest BCUT2D eigenvalue weighted by molar-refractivity contribution is 5.86. The number of halogens is 2. The van der Waals surface area contributed by atoms with Crippen LogP contribution in [-0.4, -0.2) is 27.8 Å². The van der Waals surface area contributed by atoms with Gasteiger partial charge in [0.2, 0.25) is 11.8 Å². The average Bonchev–Trinajstić information content (AvgIpc) is 3.14. The number of carbonyl (C=O) groups is 1. The molecule has 4 rings (SSSR count). The van der Waals surface area contributed by atoms with Gasteiger partial charge in [0.25, 0.3) is 0 Å². The van der Waals surface area contributed by atoms with Gasteiger partial charge in [0, 0.05) is 19.2 Å². The lowest BCUT2D eigenvalue weighted by molar-refractivity contribution is -0.121. The molecule has 8 heteroatoms. The van der Waals surface area contributed by atoms with Crippen molar-refractivity contribution < 1.29 is 18.3 Å². The number of nitrogens with one attached hydrogen (secondary N) is 1. The van der Waals surface area contributed by atoms with Crippen molar-refractivity contribution in [1.29, 1.82) is 0 Å². The fourth-order valence-electron chi connectivity index (χ4n) is 4.49. The van der Waals surface area contributed by atoms with Crippen molar-refractivity contribution in [2.24, 2.45) is 7.05 Å². The molecule has 0 radical (unpaired) electrons. The van der Waals surface area contributed by atoms with Gasteiger partial charge in [-0.1, -0.05) is 24.3 Å². The van der Waals surface area contributed by atoms with Crippen molar-refractivity contribution >= 4 is 16.9 Å². The molecule has 1 N–H and O–H groups in total. The Hall–Kier alpha value is -3.81. The largest absolute Gasteiger partial charge is 0.479 e. The van der Waals surface area contributed by atoms with Crippen LogP contribution < -0.4 is 10.1 Å². The van der Waals surface area contributed by atoms with Crippen LogP contribution >= 0.6 is 0 Å². The molecule has 6 nitrogen and oxygen atoms in total. The van der Waals surface area contributed by atoms with E-state index in [2.05, 4.69) is 15.4 Å². The van der Waals surface area contributed by atoms with Crippen LogP contribution in [0.2, 0.25) is 0 Å². The third-order valence-corrected chi connectivity index (χ3v) is 6.23. The quantitative estimate of drug-likeness (QED) is 0.391. The summed E-state index contributed by atoms with van der Waals surface area (Å²) in [7, 11) is 3.38. The molecular formula is C27H28F2N4O2. The highest BCUT2D eigenvalue weighted by Gasteiger charge is 2.20. The molecule has 0 bridgehead atoms. The highest BCUT2D eigenvalue weighted by atomic mass is 19.1. The van der Waals surface area contributed by atoms with Crippen LogP contribution in [0.25, 0.3) is 11.0 Å². The van der Waals surface area contributed by atoms with Gasteiger partial charge in [-0.15, -0.1) is 5.10 Å². The van der Waals surface area contributed by atoms with Crippen molar-refractivity contribution in [3.05, 3.63) is 88.1 Å². The van der Waals surface area contributed by atoms with Crippen molar-refractivity contribution in [3.63, 3.8) is 0 Å². The first-order chi connectivity index (χ1) is 16.8. The zero-order valence-corrected chi connectivity index (χ0v) is 20.2. The number of hydrogen-bond acceptors (Lipinski definition) is 4. The predicted molar refractivity (Wildman–Crippen MR) is 130 cm³/mol. The lowest BCUT2D eigenvalue weighted by Gasteiger charge is -2.20. The first kappa shape index (κ1) is 24.3. The Morgan fingerprint density at radius 2 is 1.83 bits per heavy atom. The van der Waals surface area contributed by atoms with Gasteiger partial charge in [-0.2, -0.15) is 0 Å². The smallest absolute Gasteiger partial charge is 0.242 e. The summed E-state index contributed by atoms with van der Waals surface area (Å²) in [5, 5.41) is 8.21. The number of nitrogens with zero attached hydrogens (tertiary/aromatic N) is 3. The van der Waals surface area contributed by atoms with Gasteiger partial charge < -0.3 is 10.1 Å². The summed E-state index contributed by atoms with van der Waals surface area (Å²) in [4.78, 5) is 17.7. The molecule has 4 aromatic rings. The van der Waals surface area contributed by atoms with Crippen LogP contribution in [0.4, 0.5) is 8.78 Å². The molecule has 1 amide bonds. The number of amides is 1. The summed E-state index contributed by atoms with van der Waals surface area (Å²) >= 11 is 0. The molecule has 2 heterocycles. The van der Waals surface area contributed by atoms with E-state index in [0.717, 1.165) is 27.9 Å². The second kappa shape index (κ2) is 10.2. The van der Waals surface area contributed by atoms with E-state index >= 15 is 0 Å². The summed E-state index contributed by atoms with van der Waals surface area (Å²) in [6.45, 7) is 3.90. The fraction of sp³-hybridized carbons (Fsp3) is 0.296. The van der Waals surface area contributed by atoms with Gasteiger partial charge in [-0.25, -0.2) is 18.4 Å². The molecule has 1 atom stereocenters. The lowest BCUT2D eigenvalue weighted by Crippen LogP contribution is -2.30. The standard InChI is InChI=1S/C27H28F2N4O2/c1-16-22(17(2)30-26-25(16)27(35-4)32-33(26)3)11-12-24(34)31-23(19-8-6-10-21(29)15-19)14-18-7-5-9-20(28)13-18/h5-10,13,15,23H,11-12,14H2,1-4H3,(H,31,34). The Balaban J connectivity index is 1.54. The molecule has 0 spiro atoms. The number of aryl methyl sites for hydroxylation is 3. The Bertz CT molecular complexity index is 1380. The average molecular weight is 479 g/mol. The van der Waals surface area contributed by atoms with E-state index < -0.39 is 11.9 Å². The number of benzene rings is 2. The second-order valence-corrected chi connectivity index (χ2v) is 8.64. The van der Waals surface area contributed by atoms with Crippen LogP contribution in [0.3, 0.4) is 0 Å². The molecule has 0 aliphatic rings. The summed E-state index contributed by atoms with van der Waals surface area (Å²) in [6.07, 6.45) is 1.03. The minimum absolute atomic E-state index is 0.187. The van der Waals surface area contributed by atoms with E-state index in [9.17, 15) is 13.6 Å². The number of carbonyl (C=O) groups excluding carboxylic acids is 1. The number of fused-ring (bicyclic) bond motifs is 1. The highest BCUT2D eigenvalue weighted by Crippen LogP contribution is 2.30. The number of rotatable bonds is 8. The molecule has 2 aromatic carbocycles. The molecule has 2 aromatic heterocycles. The zero-order valence-electron chi connectivity index (χ0n) is 20.2. The lowest BCUT2D eigenvalue weighted by atomic mass is 9.97. The number of pyridine rings is 1. The van der Waals surface area contributed by atoms with Gasteiger partial charge in [0.15, 0.2) is 5.65 Å². The minimum Gasteiger partial charge on any atom is -0.479 e. The maximum Gasteiger partial charge on any atom is 0.242 e. The SMILES string of the molecule is COc1nn(C)c2nc(C)c(CCC(=O)NC(Cc3cccc(F)c3)c3cccc(F)c3)c(C)c12. The Kier molecular flexibility index (Phi) is 7.10. The van der Waals surface area contributed by atoms with E-state index in [1.165, 1.54) is 24.3 Å². The topological polar surface area (TPSA) is 69.0 Å². The van der Waals surface area contributed by atoms with Gasteiger partial charge in [-0.3, -0.25) is 4.79 Å². The predicted octanol–water partition coefficient (Wildman–Crippen LogP) is 4.90. The van der Waals surface area contributed by atoms with Gasteiger partial charge in [0.05, 0.1) is 18.5 Å². The number of aromatic nitrogens is 3. The number of ether oxygens (including phenoxy) is 1. The zero-order chi connectivity index (χ0) is 25.1. The van der Waals surface area contributed by atoms with E-state index in [4.69, 9.17) is 4.74 Å². The Morgan fingerprint density at radius 1 is 1.11 bits per heavy atom. The van der Waals surface area contributed by atoms with E-state index in [-0.39, 0.29) is 18.1 Å². The van der Waals surface area contributed by atoms with E-state index in [0.29, 0.717) is 29.8 Å². The Labute approximate surface area is 202 Å². The molecule has 182 valence electrons. The third-order valence-electron chi connectivity index (χ3n) is 6.23. The molecule has 1 unspecified atom stereocenters. The Morgan fingerprint density at radius 3 is 2.51 bits per heavy atom. The summed E-state index contributed by atoms with van der Waals surface area (Å²) in [5.74, 6) is -0.435. The third kappa shape index (κ3) is 5.31. The fourth-order valence-corrected chi connectivity index (χ4v) is 4.49. The molecule has 0 saturated carbocycles. The summed E-state index contributed by atoms with van der Waals surface area (Å²) in [6, 6.07) is 11.8. The van der Waals surface area contributed by atoms with Gasteiger partial charge in [0.1, 0.15) is 11.6 Å².